The van der Waals surface area contributed by atoms with Gasteiger partial charge in [-0.3, -0.25) is 0 Å². The van der Waals surface area contributed by atoms with E-state index in [9.17, 15) is 4.39 Å². The van der Waals surface area contributed by atoms with Gasteiger partial charge in [-0.25, -0.2) is 0 Å². The number of rotatable bonds is 2. The number of thioether (sulfide) groups is 1. The van der Waals surface area contributed by atoms with E-state index in [-0.39, 0.29) is 4.49 Å². The summed E-state index contributed by atoms with van der Waals surface area (Å²) in [5.74, 6) is 0.648. The van der Waals surface area contributed by atoms with E-state index in [2.05, 4.69) is 0 Å². The summed E-state index contributed by atoms with van der Waals surface area (Å²) in [6.45, 7) is 1.82. The lowest BCUT2D eigenvalue weighted by Crippen LogP contribution is -1.66. The third-order valence-electron chi connectivity index (χ3n) is 0.420. The zero-order valence-corrected chi connectivity index (χ0v) is 6.58. The highest BCUT2D eigenvalue weighted by molar-refractivity contribution is 8.02. The highest BCUT2D eigenvalue weighted by Gasteiger charge is 1.97. The molecule has 0 rings (SSSR count). The van der Waals surface area contributed by atoms with E-state index in [0.717, 1.165) is 11.8 Å². The van der Waals surface area contributed by atoms with Crippen LogP contribution in [0.1, 0.15) is 6.92 Å². The van der Waals surface area contributed by atoms with Crippen LogP contribution in [0.25, 0.3) is 0 Å². The number of hydrogen-bond acceptors (Lipinski definition) is 1. The maximum Gasteiger partial charge on any atom is 0.186 e. The zero-order valence-electron chi connectivity index (χ0n) is 4.25. The molecule has 0 saturated carbocycles. The van der Waals surface area contributed by atoms with E-state index in [0.29, 0.717) is 5.75 Å². The standard InChI is InChI=1S/C4H5Cl2FS/c1-2-8-4(7)3(5)6/h2H2,1H3. The minimum Gasteiger partial charge on any atom is -0.197 e. The SMILES string of the molecule is CCSC(F)=C(Cl)Cl. The van der Waals surface area contributed by atoms with E-state index >= 15 is 0 Å². The monoisotopic (exact) mass is 174 g/mol. The summed E-state index contributed by atoms with van der Waals surface area (Å²) < 4.78 is 11.8. The van der Waals surface area contributed by atoms with Crippen LogP contribution in [0.5, 0.6) is 0 Å². The van der Waals surface area contributed by atoms with Crippen molar-refractivity contribution in [3.63, 3.8) is 0 Å². The van der Waals surface area contributed by atoms with Gasteiger partial charge in [0.05, 0.1) is 0 Å². The van der Waals surface area contributed by atoms with E-state index < -0.39 is 5.16 Å². The number of halogens is 3. The molecule has 0 unspecified atom stereocenters. The van der Waals surface area contributed by atoms with Gasteiger partial charge in [0.15, 0.2) is 5.16 Å². The minimum atomic E-state index is -0.504. The second-order valence-corrected chi connectivity index (χ2v) is 3.14. The second kappa shape index (κ2) is 4.48. The van der Waals surface area contributed by atoms with Crippen LogP contribution in [0.15, 0.2) is 9.65 Å². The molecule has 0 aromatic carbocycles. The lowest BCUT2D eigenvalue weighted by atomic mass is 11.0. The minimum absolute atomic E-state index is 0.281. The molecule has 4 heteroatoms. The number of hydrogen-bond donors (Lipinski definition) is 0. The first-order valence-electron chi connectivity index (χ1n) is 2.02. The third kappa shape index (κ3) is 3.58. The Morgan fingerprint density at radius 2 is 2.12 bits per heavy atom. The van der Waals surface area contributed by atoms with Crippen molar-refractivity contribution in [3.8, 4) is 0 Å². The first kappa shape index (κ1) is 8.60. The molecule has 0 heterocycles. The van der Waals surface area contributed by atoms with Crippen LogP contribution in [-0.2, 0) is 0 Å². The summed E-state index contributed by atoms with van der Waals surface area (Å²) >= 11 is 11.1. The fourth-order valence-corrected chi connectivity index (χ4v) is 0.871. The molecule has 0 aromatic heterocycles. The molecule has 0 nitrogen and oxygen atoms in total. The van der Waals surface area contributed by atoms with Crippen LogP contribution < -0.4 is 0 Å². The normalized spacial score (nSPS) is 9.00. The Bertz CT molecular complexity index is 98.2. The van der Waals surface area contributed by atoms with Gasteiger partial charge in [0, 0.05) is 0 Å². The quantitative estimate of drug-likeness (QED) is 0.620. The molecule has 0 aliphatic rings. The van der Waals surface area contributed by atoms with E-state index in [1.807, 2.05) is 6.92 Å². The fraction of sp³-hybridized carbons (Fsp3) is 0.500. The van der Waals surface area contributed by atoms with Crippen molar-refractivity contribution in [1.82, 2.24) is 0 Å². The molecule has 0 fully saturated rings. The van der Waals surface area contributed by atoms with Crippen molar-refractivity contribution in [2.45, 2.75) is 6.92 Å². The maximum atomic E-state index is 12.1. The summed E-state index contributed by atoms with van der Waals surface area (Å²) in [4.78, 5) is 0. The molecule has 0 aromatic rings. The Hall–Kier alpha value is 0.600. The van der Waals surface area contributed by atoms with Gasteiger partial charge >= 0.3 is 0 Å². The van der Waals surface area contributed by atoms with Crippen molar-refractivity contribution >= 4 is 35.0 Å². The third-order valence-corrected chi connectivity index (χ3v) is 1.72. The van der Waals surface area contributed by atoms with Crippen molar-refractivity contribution in [1.29, 1.82) is 0 Å². The molecule has 8 heavy (non-hydrogen) atoms. The molecule has 0 aliphatic carbocycles. The van der Waals surface area contributed by atoms with Gasteiger partial charge in [-0.05, 0) is 5.75 Å². The molecule has 0 radical (unpaired) electrons. The summed E-state index contributed by atoms with van der Waals surface area (Å²) in [7, 11) is 0. The van der Waals surface area contributed by atoms with Crippen molar-refractivity contribution in [2.75, 3.05) is 5.75 Å². The van der Waals surface area contributed by atoms with Crippen molar-refractivity contribution in [3.05, 3.63) is 9.65 Å². The first-order valence-corrected chi connectivity index (χ1v) is 3.76. The smallest absolute Gasteiger partial charge is 0.186 e. The van der Waals surface area contributed by atoms with Crippen LogP contribution in [-0.4, -0.2) is 5.75 Å². The lowest BCUT2D eigenvalue weighted by Gasteiger charge is -1.89. The van der Waals surface area contributed by atoms with E-state index in [1.165, 1.54) is 0 Å². The summed E-state index contributed by atoms with van der Waals surface area (Å²) in [6, 6.07) is 0. The average molecular weight is 175 g/mol. The highest BCUT2D eigenvalue weighted by Crippen LogP contribution is 2.25. The zero-order chi connectivity index (χ0) is 6.57. The molecular formula is C4H5Cl2FS. The van der Waals surface area contributed by atoms with Gasteiger partial charge in [0.2, 0.25) is 0 Å². The molecular weight excluding hydrogens is 170 g/mol. The van der Waals surface area contributed by atoms with Gasteiger partial charge in [-0.1, -0.05) is 41.9 Å². The molecule has 0 saturated heterocycles. The van der Waals surface area contributed by atoms with E-state index in [1.54, 1.807) is 0 Å². The fourth-order valence-electron chi connectivity index (χ4n) is 0.181. The summed E-state index contributed by atoms with van der Waals surface area (Å²) in [5, 5.41) is -0.504. The molecule has 0 amide bonds. The maximum absolute atomic E-state index is 12.1. The van der Waals surface area contributed by atoms with Gasteiger partial charge in [0.25, 0.3) is 0 Å². The topological polar surface area (TPSA) is 0 Å². The molecule has 0 bridgehead atoms. The Labute approximate surface area is 62.0 Å². The highest BCUT2D eigenvalue weighted by atomic mass is 35.5. The van der Waals surface area contributed by atoms with Gasteiger partial charge < -0.3 is 0 Å². The molecule has 0 spiro atoms. The van der Waals surface area contributed by atoms with Crippen molar-refractivity contribution in [2.24, 2.45) is 0 Å². The van der Waals surface area contributed by atoms with Crippen LogP contribution >= 0.6 is 35.0 Å². The second-order valence-electron chi connectivity index (χ2n) is 0.967. The van der Waals surface area contributed by atoms with Crippen LogP contribution in [0.3, 0.4) is 0 Å². The first-order chi connectivity index (χ1) is 3.68. The Morgan fingerprint density at radius 3 is 2.25 bits per heavy atom. The van der Waals surface area contributed by atoms with E-state index in [4.69, 9.17) is 23.2 Å². The van der Waals surface area contributed by atoms with Crippen molar-refractivity contribution < 1.29 is 4.39 Å². The summed E-state index contributed by atoms with van der Waals surface area (Å²) in [6.07, 6.45) is 0. The Kier molecular flexibility index (Phi) is 4.81. The summed E-state index contributed by atoms with van der Waals surface area (Å²) in [5.41, 5.74) is 0. The molecule has 0 aliphatic heterocycles. The van der Waals surface area contributed by atoms with Gasteiger partial charge in [-0.15, -0.1) is 0 Å². The van der Waals surface area contributed by atoms with Gasteiger partial charge in [0.1, 0.15) is 4.49 Å². The van der Waals surface area contributed by atoms with Crippen LogP contribution in [0.4, 0.5) is 4.39 Å². The lowest BCUT2D eigenvalue weighted by molar-refractivity contribution is 0.700. The molecule has 0 N–H and O–H groups in total. The predicted octanol–water partition coefficient (Wildman–Crippen LogP) is 3.31. The average Bonchev–Trinajstić information content (AvgIpc) is 1.67. The predicted molar refractivity (Wildman–Crippen MR) is 38.0 cm³/mol. The largest absolute Gasteiger partial charge is 0.197 e. The molecule has 48 valence electrons. The Balaban J connectivity index is 3.62. The van der Waals surface area contributed by atoms with Crippen LogP contribution in [0.2, 0.25) is 0 Å². The molecule has 0 atom stereocenters. The Morgan fingerprint density at radius 1 is 1.62 bits per heavy atom. The van der Waals surface area contributed by atoms with Gasteiger partial charge in [-0.2, -0.15) is 4.39 Å². The van der Waals surface area contributed by atoms with Crippen LogP contribution in [0, 0.1) is 0 Å².